The van der Waals surface area contributed by atoms with Gasteiger partial charge in [0.2, 0.25) is 15.9 Å². The number of amides is 2. The van der Waals surface area contributed by atoms with Crippen molar-refractivity contribution in [1.29, 1.82) is 0 Å². The van der Waals surface area contributed by atoms with Crippen molar-refractivity contribution in [3.8, 4) is 0 Å². The van der Waals surface area contributed by atoms with E-state index in [0.717, 1.165) is 89.3 Å². The van der Waals surface area contributed by atoms with Crippen LogP contribution in [-0.4, -0.2) is 143 Å². The second kappa shape index (κ2) is 15.7. The number of nitrogens with one attached hydrogen (secondary N) is 1. The van der Waals surface area contributed by atoms with E-state index in [2.05, 4.69) is 21.2 Å². The maximum absolute atomic E-state index is 15.7. The van der Waals surface area contributed by atoms with E-state index < -0.39 is 33.1 Å². The molecule has 0 radical (unpaired) electrons. The predicted molar refractivity (Wildman–Crippen MR) is 211 cm³/mol. The van der Waals surface area contributed by atoms with Crippen molar-refractivity contribution in [3.63, 3.8) is 0 Å². The Hall–Kier alpha value is -3.37. The molecule has 2 aromatic rings. The predicted octanol–water partition coefficient (Wildman–Crippen LogP) is 4.44. The summed E-state index contributed by atoms with van der Waals surface area (Å²) in [6.07, 6.45) is 6.50. The first-order valence-corrected chi connectivity index (χ1v) is 22.2. The van der Waals surface area contributed by atoms with E-state index in [-0.39, 0.29) is 53.0 Å². The minimum absolute atomic E-state index is 0.0317. The van der Waals surface area contributed by atoms with Crippen molar-refractivity contribution < 1.29 is 36.3 Å². The fourth-order valence-electron chi connectivity index (χ4n) is 11.1. The standard InChI is InChI=1S/C42H58F2N6O6S/c1-4-38(51)50-21-16-40(50)24-49(25-40)57(53,54)33-12-13-37(35(44)23-33)48-27-41(28-48,56-3)26-47-19-14-30(15-20-47)42(29-46-17-7-18-46,31-8-5-9-32(43)22-31)34-10-6-11-36(34)45-39(52)55-2/h5,8-9,12-13,22-23,30,34,36H,4,6-7,10-11,14-21,24-29H2,1-3H3,(H,45,52)/t34-,36-,42-/m0/s1. The van der Waals surface area contributed by atoms with Gasteiger partial charge in [0.15, 0.2) is 0 Å². The Kier molecular flexibility index (Phi) is 11.1. The van der Waals surface area contributed by atoms with Crippen LogP contribution >= 0.6 is 0 Å². The van der Waals surface area contributed by atoms with Crippen molar-refractivity contribution in [2.75, 3.05) is 91.1 Å². The molecule has 2 amide bonds. The molecular weight excluding hydrogens is 755 g/mol. The number of ether oxygens (including phenoxy) is 2. The Balaban J connectivity index is 0.930. The van der Waals surface area contributed by atoms with Gasteiger partial charge in [-0.15, -0.1) is 0 Å². The average Bonchev–Trinajstić information content (AvgIpc) is 3.60. The maximum Gasteiger partial charge on any atom is 0.407 e. The molecule has 15 heteroatoms. The minimum atomic E-state index is -3.90. The summed E-state index contributed by atoms with van der Waals surface area (Å²) in [6.45, 7) is 9.06. The van der Waals surface area contributed by atoms with Crippen LogP contribution in [0.1, 0.15) is 63.9 Å². The maximum atomic E-state index is 15.7. The molecule has 6 aliphatic rings. The lowest BCUT2D eigenvalue weighted by Gasteiger charge is -2.61. The zero-order valence-corrected chi connectivity index (χ0v) is 34.4. The molecule has 0 unspecified atom stereocenters. The van der Waals surface area contributed by atoms with Gasteiger partial charge in [-0.2, -0.15) is 4.31 Å². The number of nitrogens with zero attached hydrogens (tertiary/aromatic N) is 5. The SMILES string of the molecule is CCC(=O)N1CCC12CN(S(=O)(=O)c1ccc(N3CC(CN4CCC([C@@](CN5CCC5)(c5cccc(F)c5)[C@H]5CCC[C@@H]5NC(=O)OC)CC4)(OC)C3)c(F)c1)C2. The number of piperidine rings is 1. The Bertz CT molecular complexity index is 1930. The quantitative estimate of drug-likeness (QED) is 0.314. The highest BCUT2D eigenvalue weighted by atomic mass is 32.2. The molecule has 1 aliphatic carbocycles. The van der Waals surface area contributed by atoms with Crippen molar-refractivity contribution >= 4 is 27.7 Å². The van der Waals surface area contributed by atoms with Gasteiger partial charge in [-0.25, -0.2) is 22.0 Å². The van der Waals surface area contributed by atoms with Crippen LogP contribution in [0.5, 0.6) is 0 Å². The smallest absolute Gasteiger partial charge is 0.407 e. The zero-order valence-electron chi connectivity index (χ0n) is 33.6. The van der Waals surface area contributed by atoms with Gasteiger partial charge in [0.1, 0.15) is 17.2 Å². The number of rotatable bonds is 13. The van der Waals surface area contributed by atoms with Crippen molar-refractivity contribution in [2.45, 2.75) is 85.8 Å². The normalized spacial score (nSPS) is 26.2. The summed E-state index contributed by atoms with van der Waals surface area (Å²) in [5.74, 6) is -0.414. The van der Waals surface area contributed by atoms with E-state index in [1.165, 1.54) is 23.5 Å². The molecule has 5 saturated heterocycles. The molecule has 12 nitrogen and oxygen atoms in total. The van der Waals surface area contributed by atoms with Gasteiger partial charge < -0.3 is 34.4 Å². The number of hydrogen-bond donors (Lipinski definition) is 1. The first kappa shape index (κ1) is 40.4. The molecule has 57 heavy (non-hydrogen) atoms. The average molecular weight is 813 g/mol. The van der Waals surface area contributed by atoms with Crippen molar-refractivity contribution in [3.05, 3.63) is 59.7 Å². The van der Waals surface area contributed by atoms with Crippen LogP contribution in [0.3, 0.4) is 0 Å². The molecular formula is C42H58F2N6O6S. The molecule has 6 fully saturated rings. The summed E-state index contributed by atoms with van der Waals surface area (Å²) in [5.41, 5.74) is 0.0663. The van der Waals surface area contributed by atoms with E-state index >= 15 is 8.78 Å². The van der Waals surface area contributed by atoms with Gasteiger partial charge in [-0.1, -0.05) is 25.5 Å². The van der Waals surface area contributed by atoms with Crippen LogP contribution in [0.4, 0.5) is 19.3 Å². The van der Waals surface area contributed by atoms with Crippen molar-refractivity contribution in [1.82, 2.24) is 24.3 Å². The third-order valence-corrected chi connectivity index (χ3v) is 16.3. The van der Waals surface area contributed by atoms with Crippen LogP contribution in [0.25, 0.3) is 0 Å². The summed E-state index contributed by atoms with van der Waals surface area (Å²) < 4.78 is 70.2. The Morgan fingerprint density at radius 1 is 0.912 bits per heavy atom. The Morgan fingerprint density at radius 2 is 1.67 bits per heavy atom. The first-order valence-electron chi connectivity index (χ1n) is 20.8. The van der Waals surface area contributed by atoms with E-state index in [1.54, 1.807) is 31.1 Å². The summed E-state index contributed by atoms with van der Waals surface area (Å²) >= 11 is 0. The Labute approximate surface area is 335 Å². The van der Waals surface area contributed by atoms with Gasteiger partial charge in [0, 0.05) is 57.7 Å². The van der Waals surface area contributed by atoms with E-state index in [4.69, 9.17) is 9.47 Å². The molecule has 1 saturated carbocycles. The number of benzene rings is 2. The molecule has 8 rings (SSSR count). The fraction of sp³-hybridized carbons (Fsp3) is 0.667. The number of carbonyl (C=O) groups excluding carboxylic acids is 2. The number of likely N-dealkylation sites (tertiary alicyclic amines) is 3. The monoisotopic (exact) mass is 812 g/mol. The highest BCUT2D eigenvalue weighted by molar-refractivity contribution is 7.89. The number of sulfonamides is 1. The van der Waals surface area contributed by atoms with E-state index in [1.807, 2.05) is 11.0 Å². The topological polar surface area (TPSA) is 115 Å². The lowest BCUT2D eigenvalue weighted by atomic mass is 9.57. The molecule has 1 spiro atoms. The summed E-state index contributed by atoms with van der Waals surface area (Å²) in [5, 5.41) is 3.16. The van der Waals surface area contributed by atoms with Crippen LogP contribution in [0.2, 0.25) is 0 Å². The number of hydrogen-bond acceptors (Lipinski definition) is 9. The third-order valence-electron chi connectivity index (χ3n) is 14.5. The first-order chi connectivity index (χ1) is 27.3. The van der Waals surface area contributed by atoms with E-state index in [9.17, 15) is 18.0 Å². The van der Waals surface area contributed by atoms with E-state index in [0.29, 0.717) is 38.3 Å². The number of anilines is 1. The summed E-state index contributed by atoms with van der Waals surface area (Å²) in [7, 11) is -0.807. The number of halogens is 2. The van der Waals surface area contributed by atoms with Gasteiger partial charge in [0.05, 0.1) is 36.3 Å². The third kappa shape index (κ3) is 7.23. The number of carbonyl (C=O) groups is 2. The summed E-state index contributed by atoms with van der Waals surface area (Å²) in [6, 6.07) is 11.2. The molecule has 3 atom stereocenters. The van der Waals surface area contributed by atoms with Gasteiger partial charge >= 0.3 is 6.09 Å². The van der Waals surface area contributed by atoms with Gasteiger partial charge in [-0.3, -0.25) is 4.79 Å². The molecule has 5 aliphatic heterocycles. The highest BCUT2D eigenvalue weighted by Crippen LogP contribution is 2.52. The number of alkyl carbamates (subject to hydrolysis) is 1. The second-order valence-electron chi connectivity index (χ2n) is 17.5. The lowest BCUT2D eigenvalue weighted by molar-refractivity contribution is -0.158. The molecule has 0 aromatic heterocycles. The highest BCUT2D eigenvalue weighted by Gasteiger charge is 2.58. The van der Waals surface area contributed by atoms with Crippen LogP contribution < -0.4 is 10.2 Å². The minimum Gasteiger partial charge on any atom is -0.453 e. The van der Waals surface area contributed by atoms with Crippen molar-refractivity contribution in [2.24, 2.45) is 11.8 Å². The van der Waals surface area contributed by atoms with Gasteiger partial charge in [-0.05, 0) is 112 Å². The van der Waals surface area contributed by atoms with Gasteiger partial charge in [0.25, 0.3) is 0 Å². The molecule has 2 aromatic carbocycles. The van der Waals surface area contributed by atoms with Crippen LogP contribution in [0, 0.1) is 23.5 Å². The second-order valence-corrected chi connectivity index (χ2v) is 19.5. The number of methoxy groups -OCH3 is 2. The van der Waals surface area contributed by atoms with Crippen LogP contribution in [0.15, 0.2) is 47.4 Å². The molecule has 0 bridgehead atoms. The fourth-order valence-corrected chi connectivity index (χ4v) is 12.8. The lowest BCUT2D eigenvalue weighted by Crippen LogP contribution is -2.78. The largest absolute Gasteiger partial charge is 0.453 e. The van der Waals surface area contributed by atoms with Crippen LogP contribution in [-0.2, 0) is 29.7 Å². The zero-order chi connectivity index (χ0) is 40.2. The molecule has 1 N–H and O–H groups in total. The molecule has 5 heterocycles. The molecule has 312 valence electrons. The summed E-state index contributed by atoms with van der Waals surface area (Å²) in [4.78, 5) is 33.4. The Morgan fingerprint density at radius 3 is 2.26 bits per heavy atom.